The third-order valence-electron chi connectivity index (χ3n) is 4.59. The van der Waals surface area contributed by atoms with E-state index in [4.69, 9.17) is 0 Å². The van der Waals surface area contributed by atoms with Gasteiger partial charge >= 0.3 is 0 Å². The predicted molar refractivity (Wildman–Crippen MR) is 212 cm³/mol. The lowest BCUT2D eigenvalue weighted by Crippen LogP contribution is -2.44. The van der Waals surface area contributed by atoms with Gasteiger partial charge in [-0.1, -0.05) is 0 Å². The highest BCUT2D eigenvalue weighted by Crippen LogP contribution is 1.93. The van der Waals surface area contributed by atoms with Crippen molar-refractivity contribution in [2.45, 2.75) is 0 Å². The quantitative estimate of drug-likeness (QED) is 0.181. The first-order valence-corrected chi connectivity index (χ1v) is 16.4. The Hall–Kier alpha value is -0.560. The average molecular weight is 683 g/mol. The Kier molecular flexibility index (Phi) is 41.9. The SMILES string of the molecule is CN(C)C.CN(C)CN(C)C.CN(C)CN(C)CN(C)C.CN(C)CN(C)CN(C)CN(C)C.CN(C)CN(CN(C)C)CN(C)C. The Labute approximate surface area is 297 Å². The van der Waals surface area contributed by atoms with Crippen molar-refractivity contribution >= 4 is 0 Å². The molecular weight excluding hydrogens is 592 g/mol. The summed E-state index contributed by atoms with van der Waals surface area (Å²) in [5.41, 5.74) is 0. The molecule has 0 radical (unpaired) electrons. The summed E-state index contributed by atoms with van der Waals surface area (Å²) in [5, 5.41) is 0. The van der Waals surface area contributed by atoms with E-state index in [0.29, 0.717) is 0 Å². The van der Waals surface area contributed by atoms with Gasteiger partial charge in [0.15, 0.2) is 0 Å². The van der Waals surface area contributed by atoms with Crippen LogP contribution in [0.4, 0.5) is 0 Å². The van der Waals surface area contributed by atoms with Crippen LogP contribution in [0.15, 0.2) is 0 Å². The predicted octanol–water partition coefficient (Wildman–Crippen LogP) is -0.107. The van der Waals surface area contributed by atoms with E-state index in [2.05, 4.69) is 212 Å². The highest BCUT2D eigenvalue weighted by molar-refractivity contribution is 4.53. The Balaban J connectivity index is -0.000000164. The number of nitrogens with zero attached hydrogens (tertiary/aromatic N) is 14. The zero-order chi connectivity index (χ0) is 38.4. The Morgan fingerprint density at radius 1 is 0.191 bits per heavy atom. The molecule has 0 heterocycles. The first kappa shape index (κ1) is 55.8. The van der Waals surface area contributed by atoms with E-state index in [9.17, 15) is 0 Å². The van der Waals surface area contributed by atoms with Gasteiger partial charge in [-0.3, -0.25) is 63.7 Å². The maximum atomic E-state index is 2.38. The van der Waals surface area contributed by atoms with Crippen molar-refractivity contribution < 1.29 is 0 Å². The van der Waals surface area contributed by atoms with Gasteiger partial charge in [-0.15, -0.1) is 0 Å². The van der Waals surface area contributed by atoms with Gasteiger partial charge in [0.1, 0.15) is 0 Å². The van der Waals surface area contributed by atoms with Crippen molar-refractivity contribution in [3.05, 3.63) is 0 Å². The fourth-order valence-corrected chi connectivity index (χ4v) is 4.38. The summed E-state index contributed by atoms with van der Waals surface area (Å²) in [5.74, 6) is 0. The number of hydrogen-bond acceptors (Lipinski definition) is 14. The molecule has 0 atom stereocenters. The summed E-state index contributed by atoms with van der Waals surface area (Å²) in [7, 11) is 49.8. The van der Waals surface area contributed by atoms with Gasteiger partial charge in [0.25, 0.3) is 0 Å². The van der Waals surface area contributed by atoms with Crippen molar-refractivity contribution in [3.63, 3.8) is 0 Å². The molecule has 0 aliphatic carbocycles. The van der Waals surface area contributed by atoms with Crippen LogP contribution in [0.25, 0.3) is 0 Å². The molecule has 14 nitrogen and oxygen atoms in total. The second kappa shape index (κ2) is 35.3. The van der Waals surface area contributed by atoms with Gasteiger partial charge < -0.3 is 4.90 Å². The Morgan fingerprint density at radius 3 is 0.468 bits per heavy atom. The molecule has 0 aliphatic heterocycles. The van der Waals surface area contributed by atoms with Crippen LogP contribution in [0, 0.1) is 0 Å². The second-order valence-electron chi connectivity index (χ2n) is 15.6. The van der Waals surface area contributed by atoms with Gasteiger partial charge in [0, 0.05) is 6.67 Å². The van der Waals surface area contributed by atoms with E-state index in [0.717, 1.165) is 60.0 Å². The summed E-state index contributed by atoms with van der Waals surface area (Å²) in [4.78, 5) is 30.7. The zero-order valence-corrected chi connectivity index (χ0v) is 36.6. The van der Waals surface area contributed by atoms with Gasteiger partial charge in [0.05, 0.1) is 53.3 Å². The van der Waals surface area contributed by atoms with Crippen LogP contribution in [0.5, 0.6) is 0 Å². The second-order valence-corrected chi connectivity index (χ2v) is 15.6. The molecular formula is C33H90N14. The molecule has 0 saturated carbocycles. The highest BCUT2D eigenvalue weighted by atomic mass is 15.4. The molecule has 0 unspecified atom stereocenters. The molecule has 0 aliphatic rings. The first-order valence-electron chi connectivity index (χ1n) is 16.4. The van der Waals surface area contributed by atoms with Crippen LogP contribution in [0.2, 0.25) is 0 Å². The third kappa shape index (κ3) is 68.3. The van der Waals surface area contributed by atoms with E-state index < -0.39 is 0 Å². The van der Waals surface area contributed by atoms with Gasteiger partial charge in [-0.05, 0) is 169 Å². The van der Waals surface area contributed by atoms with Crippen LogP contribution in [0.3, 0.4) is 0 Å². The number of rotatable bonds is 18. The van der Waals surface area contributed by atoms with Crippen molar-refractivity contribution in [2.24, 2.45) is 0 Å². The molecule has 0 bridgehead atoms. The maximum Gasteiger partial charge on any atom is 0.0525 e. The molecule has 0 aromatic carbocycles. The van der Waals surface area contributed by atoms with Gasteiger partial charge in [0.2, 0.25) is 0 Å². The molecule has 0 aromatic heterocycles. The minimum Gasteiger partial charge on any atom is -0.312 e. The molecule has 0 N–H and O–H groups in total. The fourth-order valence-electron chi connectivity index (χ4n) is 4.38. The summed E-state index contributed by atoms with van der Waals surface area (Å²) in [6, 6.07) is 0. The van der Waals surface area contributed by atoms with E-state index in [1.165, 1.54) is 0 Å². The third-order valence-corrected chi connectivity index (χ3v) is 4.59. The molecule has 292 valence electrons. The van der Waals surface area contributed by atoms with E-state index in [1.807, 2.05) is 26.0 Å². The number of hydrogen-bond donors (Lipinski definition) is 0. The van der Waals surface area contributed by atoms with E-state index in [-0.39, 0.29) is 0 Å². The monoisotopic (exact) mass is 683 g/mol. The lowest BCUT2D eigenvalue weighted by atomic mass is 10.6. The molecule has 0 aromatic rings. The molecule has 0 amide bonds. The van der Waals surface area contributed by atoms with Gasteiger partial charge in [-0.2, -0.15) is 0 Å². The Bertz CT molecular complexity index is 543. The standard InChI is InChI=1S/2C9H24N4.C7H19N3.C5H14N2.C3H9N/c1-10(2)7-12(5)9-13(6)8-11(3)4;1-10(2)7-13(8-11(3)4)9-12(5)6;1-8(2)6-10(5)7-9(3)4;1-6(2)5-7(3)4;1-4(2)3/h2*7-9H2,1-6H3;6-7H2,1-5H3;5H2,1-4H3;1-3H3. The first-order chi connectivity index (χ1) is 21.2. The summed E-state index contributed by atoms with van der Waals surface area (Å²) in [6.07, 6.45) is 0. The molecule has 14 heteroatoms. The van der Waals surface area contributed by atoms with Gasteiger partial charge in [-0.25, -0.2) is 0 Å². The smallest absolute Gasteiger partial charge is 0.0525 e. The van der Waals surface area contributed by atoms with E-state index in [1.54, 1.807) is 0 Å². The maximum absolute atomic E-state index is 2.38. The van der Waals surface area contributed by atoms with Crippen LogP contribution in [0.1, 0.15) is 0 Å². The fraction of sp³-hybridized carbons (Fsp3) is 1.00. The molecule has 0 fully saturated rings. The van der Waals surface area contributed by atoms with E-state index >= 15 is 0 Å². The zero-order valence-electron chi connectivity index (χ0n) is 36.6. The largest absolute Gasteiger partial charge is 0.312 e. The minimum absolute atomic E-state index is 0.996. The minimum atomic E-state index is 0.996. The molecule has 0 saturated heterocycles. The lowest BCUT2D eigenvalue weighted by molar-refractivity contribution is 0.0743. The van der Waals surface area contributed by atoms with Crippen LogP contribution in [-0.4, -0.2) is 298 Å². The van der Waals surface area contributed by atoms with Crippen LogP contribution in [-0.2, 0) is 0 Å². The summed E-state index contributed by atoms with van der Waals surface area (Å²) >= 11 is 0. The lowest BCUT2D eigenvalue weighted by Gasteiger charge is -2.30. The molecule has 47 heavy (non-hydrogen) atoms. The molecule has 0 rings (SSSR count). The normalized spacial score (nSPS) is 11.9. The topological polar surface area (TPSA) is 45.4 Å². The average Bonchev–Trinajstić information content (AvgIpc) is 2.75. The molecule has 0 spiro atoms. The van der Waals surface area contributed by atoms with Crippen molar-refractivity contribution in [1.29, 1.82) is 0 Å². The van der Waals surface area contributed by atoms with Crippen LogP contribution >= 0.6 is 0 Å². The Morgan fingerprint density at radius 2 is 0.340 bits per heavy atom. The highest BCUT2D eigenvalue weighted by Gasteiger charge is 2.07. The summed E-state index contributed by atoms with van der Waals surface area (Å²) < 4.78 is 0. The summed E-state index contributed by atoms with van der Waals surface area (Å²) in [6.45, 7) is 9.03. The van der Waals surface area contributed by atoms with Crippen LogP contribution < -0.4 is 0 Å². The van der Waals surface area contributed by atoms with Crippen molar-refractivity contribution in [3.8, 4) is 0 Å². The van der Waals surface area contributed by atoms with Crippen molar-refractivity contribution in [2.75, 3.05) is 229 Å². The van der Waals surface area contributed by atoms with Crippen molar-refractivity contribution in [1.82, 2.24) is 68.6 Å².